The Morgan fingerprint density at radius 2 is 1.94 bits per heavy atom. The molecule has 0 aliphatic carbocycles. The van der Waals surface area contributed by atoms with Crippen LogP contribution >= 0.6 is 0 Å². The van der Waals surface area contributed by atoms with Gasteiger partial charge < -0.3 is 9.72 Å². The molecule has 0 bridgehead atoms. The van der Waals surface area contributed by atoms with Gasteiger partial charge in [-0.15, -0.1) is 0 Å². The van der Waals surface area contributed by atoms with Crippen molar-refractivity contribution in [1.29, 1.82) is 0 Å². The Morgan fingerprint density at radius 1 is 1.25 bits per heavy atom. The first-order valence-electron chi connectivity index (χ1n) is 5.05. The molecule has 1 aromatic heterocycles. The molecule has 82 valence electrons. The third kappa shape index (κ3) is 1.84. The van der Waals surface area contributed by atoms with Gasteiger partial charge in [-0.2, -0.15) is 0 Å². The zero-order chi connectivity index (χ0) is 11.5. The molecule has 0 spiro atoms. The van der Waals surface area contributed by atoms with Crippen molar-refractivity contribution in [2.45, 2.75) is 6.92 Å². The largest absolute Gasteiger partial charge is 0.497 e. The third-order valence-electron chi connectivity index (χ3n) is 2.55. The summed E-state index contributed by atoms with van der Waals surface area (Å²) in [4.78, 5) is 7.13. The van der Waals surface area contributed by atoms with Crippen molar-refractivity contribution < 1.29 is 4.74 Å². The molecule has 3 heteroatoms. The molecule has 1 heterocycles. The number of aryl methyl sites for hydroxylation is 1. The number of aromatic amines is 1. The second-order valence-corrected chi connectivity index (χ2v) is 3.60. The van der Waals surface area contributed by atoms with E-state index in [1.165, 1.54) is 0 Å². The molecule has 0 fully saturated rings. The van der Waals surface area contributed by atoms with E-state index in [9.17, 15) is 0 Å². The summed E-state index contributed by atoms with van der Waals surface area (Å²) >= 11 is 0. The van der Waals surface area contributed by atoms with E-state index in [4.69, 9.17) is 4.74 Å². The molecule has 2 aromatic rings. The minimum atomic E-state index is 0.825. The van der Waals surface area contributed by atoms with Crippen LogP contribution < -0.4 is 4.74 Å². The second-order valence-electron chi connectivity index (χ2n) is 3.60. The number of nitrogens with one attached hydrogen (secondary N) is 1. The summed E-state index contributed by atoms with van der Waals surface area (Å²) in [6, 6.07) is 9.96. The molecule has 1 aromatic carbocycles. The van der Waals surface area contributed by atoms with E-state index in [-0.39, 0.29) is 0 Å². The van der Waals surface area contributed by atoms with Crippen LogP contribution in [0.2, 0.25) is 0 Å². The van der Waals surface area contributed by atoms with Gasteiger partial charge in [-0.25, -0.2) is 4.99 Å². The zero-order valence-corrected chi connectivity index (χ0v) is 9.45. The van der Waals surface area contributed by atoms with Crippen LogP contribution in [0.3, 0.4) is 0 Å². The molecule has 0 aliphatic heterocycles. The van der Waals surface area contributed by atoms with Gasteiger partial charge in [0.05, 0.1) is 7.11 Å². The second kappa shape index (κ2) is 4.23. The fraction of sp³-hybridized carbons (Fsp3) is 0.154. The first-order chi connectivity index (χ1) is 7.74. The Kier molecular flexibility index (Phi) is 2.77. The van der Waals surface area contributed by atoms with Gasteiger partial charge in [0.2, 0.25) is 0 Å². The Balaban J connectivity index is 2.38. The average molecular weight is 214 g/mol. The lowest BCUT2D eigenvalue weighted by Crippen LogP contribution is -1.82. The Labute approximate surface area is 94.8 Å². The van der Waals surface area contributed by atoms with Gasteiger partial charge in [-0.1, -0.05) is 0 Å². The van der Waals surface area contributed by atoms with Crippen LogP contribution in [0.15, 0.2) is 35.3 Å². The lowest BCUT2D eigenvalue weighted by atomic mass is 10.1. The topological polar surface area (TPSA) is 37.4 Å². The minimum Gasteiger partial charge on any atom is -0.497 e. The van der Waals surface area contributed by atoms with Gasteiger partial charge in [0.25, 0.3) is 0 Å². The molecule has 0 aliphatic rings. The fourth-order valence-corrected chi connectivity index (χ4v) is 1.64. The van der Waals surface area contributed by atoms with Crippen molar-refractivity contribution >= 4 is 12.5 Å². The van der Waals surface area contributed by atoms with Crippen molar-refractivity contribution in [3.05, 3.63) is 35.9 Å². The minimum absolute atomic E-state index is 0.825. The quantitative estimate of drug-likeness (QED) is 0.782. The smallest absolute Gasteiger partial charge is 0.132 e. The lowest BCUT2D eigenvalue weighted by molar-refractivity contribution is 0.415. The van der Waals surface area contributed by atoms with E-state index in [2.05, 4.69) is 22.8 Å². The molecule has 0 saturated carbocycles. The maximum atomic E-state index is 5.12. The summed E-state index contributed by atoms with van der Waals surface area (Å²) in [5.41, 5.74) is 3.25. The van der Waals surface area contributed by atoms with Crippen LogP contribution in [0.25, 0.3) is 11.3 Å². The first kappa shape index (κ1) is 10.5. The summed E-state index contributed by atoms with van der Waals surface area (Å²) in [5, 5.41) is 0. The van der Waals surface area contributed by atoms with Crippen molar-refractivity contribution in [3.63, 3.8) is 0 Å². The Hall–Kier alpha value is -2.03. The van der Waals surface area contributed by atoms with Crippen molar-refractivity contribution in [2.75, 3.05) is 7.11 Å². The molecule has 1 N–H and O–H groups in total. The SMILES string of the molecule is C=Nc1[nH]c(-c2ccc(OC)cc2)cc1C. The van der Waals surface area contributed by atoms with Crippen LogP contribution in [0, 0.1) is 6.92 Å². The van der Waals surface area contributed by atoms with Gasteiger partial charge in [0.1, 0.15) is 11.6 Å². The van der Waals surface area contributed by atoms with Crippen LogP contribution in [0.5, 0.6) is 5.75 Å². The van der Waals surface area contributed by atoms with E-state index in [0.29, 0.717) is 0 Å². The highest BCUT2D eigenvalue weighted by molar-refractivity contribution is 5.66. The predicted octanol–water partition coefficient (Wildman–Crippen LogP) is 3.33. The molecule has 16 heavy (non-hydrogen) atoms. The average Bonchev–Trinajstić information content (AvgIpc) is 2.71. The van der Waals surface area contributed by atoms with E-state index in [1.807, 2.05) is 31.2 Å². The number of rotatable bonds is 3. The van der Waals surface area contributed by atoms with Gasteiger partial charge in [0.15, 0.2) is 0 Å². The number of hydrogen-bond acceptors (Lipinski definition) is 2. The summed E-state index contributed by atoms with van der Waals surface area (Å²) < 4.78 is 5.12. The lowest BCUT2D eigenvalue weighted by Gasteiger charge is -2.01. The van der Waals surface area contributed by atoms with Gasteiger partial charge in [-0.3, -0.25) is 0 Å². The molecule has 0 amide bonds. The third-order valence-corrected chi connectivity index (χ3v) is 2.55. The Bertz CT molecular complexity index is 497. The molecular formula is C13H14N2O. The summed E-state index contributed by atoms with van der Waals surface area (Å²) in [5.74, 6) is 1.68. The number of aromatic nitrogens is 1. The fourth-order valence-electron chi connectivity index (χ4n) is 1.64. The predicted molar refractivity (Wildman–Crippen MR) is 66.7 cm³/mol. The van der Waals surface area contributed by atoms with E-state index in [1.54, 1.807) is 7.11 Å². The highest BCUT2D eigenvalue weighted by Gasteiger charge is 2.04. The first-order valence-corrected chi connectivity index (χ1v) is 5.05. The van der Waals surface area contributed by atoms with Gasteiger partial charge >= 0.3 is 0 Å². The maximum absolute atomic E-state index is 5.12. The molecule has 0 unspecified atom stereocenters. The molecular weight excluding hydrogens is 200 g/mol. The van der Waals surface area contributed by atoms with Crippen molar-refractivity contribution in [2.24, 2.45) is 4.99 Å². The summed E-state index contributed by atoms with van der Waals surface area (Å²) in [7, 11) is 1.66. The number of ether oxygens (including phenoxy) is 1. The normalized spacial score (nSPS) is 10.1. The zero-order valence-electron chi connectivity index (χ0n) is 9.45. The van der Waals surface area contributed by atoms with Crippen molar-refractivity contribution in [1.82, 2.24) is 4.98 Å². The van der Waals surface area contributed by atoms with E-state index < -0.39 is 0 Å². The number of H-pyrrole nitrogens is 1. The number of methoxy groups -OCH3 is 1. The van der Waals surface area contributed by atoms with Crippen LogP contribution in [0.1, 0.15) is 5.56 Å². The van der Waals surface area contributed by atoms with Gasteiger partial charge in [-0.05, 0) is 55.1 Å². The highest BCUT2D eigenvalue weighted by atomic mass is 16.5. The van der Waals surface area contributed by atoms with Crippen LogP contribution in [-0.4, -0.2) is 18.8 Å². The van der Waals surface area contributed by atoms with Crippen LogP contribution in [0.4, 0.5) is 5.82 Å². The standard InChI is InChI=1S/C13H14N2O/c1-9-8-12(15-13(9)14-2)10-4-6-11(16-3)7-5-10/h4-8,15H,2H2,1,3H3. The number of hydrogen-bond donors (Lipinski definition) is 1. The van der Waals surface area contributed by atoms with Crippen molar-refractivity contribution in [3.8, 4) is 17.0 Å². The monoisotopic (exact) mass is 214 g/mol. The van der Waals surface area contributed by atoms with Gasteiger partial charge in [0, 0.05) is 5.69 Å². The number of benzene rings is 1. The number of nitrogens with zero attached hydrogens (tertiary/aromatic N) is 1. The highest BCUT2D eigenvalue weighted by Crippen LogP contribution is 2.27. The number of aliphatic imine (C=N–C) groups is 1. The Morgan fingerprint density at radius 3 is 2.44 bits per heavy atom. The van der Waals surface area contributed by atoms with E-state index in [0.717, 1.165) is 28.4 Å². The molecule has 0 radical (unpaired) electrons. The van der Waals surface area contributed by atoms with Crippen LogP contribution in [-0.2, 0) is 0 Å². The summed E-state index contributed by atoms with van der Waals surface area (Å²) in [6.07, 6.45) is 0. The molecule has 0 atom stereocenters. The molecule has 0 saturated heterocycles. The van der Waals surface area contributed by atoms with E-state index >= 15 is 0 Å². The molecule has 3 nitrogen and oxygen atoms in total. The molecule has 2 rings (SSSR count). The maximum Gasteiger partial charge on any atom is 0.132 e. The summed E-state index contributed by atoms with van der Waals surface area (Å²) in [6.45, 7) is 5.53.